The minimum Gasteiger partial charge on any atom is -0.324 e. The molecule has 0 fully saturated rings. The maximum Gasteiger partial charge on any atom is 0.274 e. The zero-order valence-corrected chi connectivity index (χ0v) is 13.2. The van der Waals surface area contributed by atoms with Gasteiger partial charge in [-0.3, -0.25) is 4.79 Å². The van der Waals surface area contributed by atoms with Crippen LogP contribution in [0.5, 0.6) is 0 Å². The van der Waals surface area contributed by atoms with Gasteiger partial charge in [-0.1, -0.05) is 6.07 Å². The van der Waals surface area contributed by atoms with Gasteiger partial charge in [0, 0.05) is 23.6 Å². The van der Waals surface area contributed by atoms with E-state index in [-0.39, 0.29) is 17.3 Å². The van der Waals surface area contributed by atoms with Gasteiger partial charge in [-0.05, 0) is 36.4 Å². The van der Waals surface area contributed by atoms with Crippen molar-refractivity contribution in [2.45, 2.75) is 0 Å². The molecule has 0 radical (unpaired) electrons. The van der Waals surface area contributed by atoms with E-state index in [4.69, 9.17) is 5.26 Å². The number of anilines is 3. The van der Waals surface area contributed by atoms with Crippen LogP contribution in [0.25, 0.3) is 0 Å². The summed E-state index contributed by atoms with van der Waals surface area (Å²) in [6.45, 7) is 0. The first-order valence-corrected chi connectivity index (χ1v) is 7.42. The first-order chi connectivity index (χ1) is 12.5. The van der Waals surface area contributed by atoms with Gasteiger partial charge in [0.15, 0.2) is 11.6 Å². The molecule has 0 atom stereocenters. The smallest absolute Gasteiger partial charge is 0.274 e. The number of halogens is 2. The summed E-state index contributed by atoms with van der Waals surface area (Å²) in [5.74, 6) is -2.52. The van der Waals surface area contributed by atoms with Crippen LogP contribution >= 0.6 is 0 Å². The Morgan fingerprint density at radius 2 is 1.88 bits per heavy atom. The number of nitriles is 1. The SMILES string of the molecule is N#Cc1cccc(Nc2nccc(C(=O)Nc3ccc(F)c(F)c3)n2)c1. The van der Waals surface area contributed by atoms with Gasteiger partial charge in [-0.2, -0.15) is 5.26 Å². The lowest BCUT2D eigenvalue weighted by molar-refractivity contribution is 0.102. The Morgan fingerprint density at radius 3 is 2.65 bits per heavy atom. The van der Waals surface area contributed by atoms with Crippen molar-refractivity contribution in [1.82, 2.24) is 9.97 Å². The fraction of sp³-hybridized carbons (Fsp3) is 0. The van der Waals surface area contributed by atoms with E-state index >= 15 is 0 Å². The lowest BCUT2D eigenvalue weighted by Crippen LogP contribution is -2.15. The van der Waals surface area contributed by atoms with Gasteiger partial charge < -0.3 is 10.6 Å². The molecular formula is C18H11F2N5O. The third-order valence-corrected chi connectivity index (χ3v) is 3.31. The lowest BCUT2D eigenvalue weighted by atomic mass is 10.2. The summed E-state index contributed by atoms with van der Waals surface area (Å²) >= 11 is 0. The van der Waals surface area contributed by atoms with E-state index in [0.717, 1.165) is 12.1 Å². The number of amides is 1. The summed E-state index contributed by atoms with van der Waals surface area (Å²) in [5, 5.41) is 14.2. The van der Waals surface area contributed by atoms with E-state index in [1.54, 1.807) is 24.3 Å². The molecule has 0 spiro atoms. The second-order valence-electron chi connectivity index (χ2n) is 5.17. The average molecular weight is 351 g/mol. The van der Waals surface area contributed by atoms with Crippen LogP contribution < -0.4 is 10.6 Å². The largest absolute Gasteiger partial charge is 0.324 e. The van der Waals surface area contributed by atoms with Gasteiger partial charge >= 0.3 is 0 Å². The maximum absolute atomic E-state index is 13.2. The second-order valence-corrected chi connectivity index (χ2v) is 5.17. The number of carbonyl (C=O) groups excluding carboxylic acids is 1. The highest BCUT2D eigenvalue weighted by molar-refractivity contribution is 6.03. The van der Waals surface area contributed by atoms with Crippen LogP contribution in [0.3, 0.4) is 0 Å². The van der Waals surface area contributed by atoms with Crippen LogP contribution in [0, 0.1) is 23.0 Å². The second kappa shape index (κ2) is 7.36. The molecule has 1 amide bonds. The lowest BCUT2D eigenvalue weighted by Gasteiger charge is -2.08. The Hall–Kier alpha value is -3.86. The van der Waals surface area contributed by atoms with Gasteiger partial charge in [0.05, 0.1) is 11.6 Å². The van der Waals surface area contributed by atoms with Gasteiger partial charge in [-0.25, -0.2) is 18.7 Å². The van der Waals surface area contributed by atoms with Gasteiger partial charge in [-0.15, -0.1) is 0 Å². The number of aromatic nitrogens is 2. The number of nitrogens with one attached hydrogen (secondary N) is 2. The van der Waals surface area contributed by atoms with E-state index in [0.29, 0.717) is 11.3 Å². The number of hydrogen-bond acceptors (Lipinski definition) is 5. The minimum atomic E-state index is -1.06. The van der Waals surface area contributed by atoms with Crippen molar-refractivity contribution >= 4 is 23.2 Å². The van der Waals surface area contributed by atoms with E-state index in [1.165, 1.54) is 18.3 Å². The molecule has 0 aliphatic heterocycles. The molecule has 8 heteroatoms. The third-order valence-electron chi connectivity index (χ3n) is 3.31. The van der Waals surface area contributed by atoms with Gasteiger partial charge in [0.1, 0.15) is 5.69 Å². The quantitative estimate of drug-likeness (QED) is 0.749. The summed E-state index contributed by atoms with van der Waals surface area (Å²) in [6.07, 6.45) is 1.38. The molecule has 0 unspecified atom stereocenters. The van der Waals surface area contributed by atoms with Crippen LogP contribution in [0.4, 0.5) is 26.1 Å². The van der Waals surface area contributed by atoms with E-state index in [1.807, 2.05) is 6.07 Å². The Balaban J connectivity index is 1.76. The monoisotopic (exact) mass is 351 g/mol. The Bertz CT molecular complexity index is 1020. The van der Waals surface area contributed by atoms with Crippen LogP contribution in [-0.4, -0.2) is 15.9 Å². The van der Waals surface area contributed by atoms with Crippen molar-refractivity contribution in [3.8, 4) is 6.07 Å². The van der Waals surface area contributed by atoms with Gasteiger partial charge in [0.2, 0.25) is 5.95 Å². The van der Waals surface area contributed by atoms with Crippen LogP contribution in [0.2, 0.25) is 0 Å². The fourth-order valence-electron chi connectivity index (χ4n) is 2.11. The normalized spacial score (nSPS) is 10.0. The minimum absolute atomic E-state index is 0.0312. The van der Waals surface area contributed by atoms with Crippen molar-refractivity contribution in [3.63, 3.8) is 0 Å². The molecule has 3 aromatic rings. The van der Waals surface area contributed by atoms with Crippen molar-refractivity contribution in [2.24, 2.45) is 0 Å². The van der Waals surface area contributed by atoms with Crippen LogP contribution in [-0.2, 0) is 0 Å². The number of carbonyl (C=O) groups is 1. The highest BCUT2D eigenvalue weighted by atomic mass is 19.2. The molecule has 0 saturated heterocycles. The maximum atomic E-state index is 13.2. The summed E-state index contributed by atoms with van der Waals surface area (Å²) in [4.78, 5) is 20.3. The average Bonchev–Trinajstić information content (AvgIpc) is 2.65. The topological polar surface area (TPSA) is 90.7 Å². The molecule has 1 aromatic heterocycles. The summed E-state index contributed by atoms with van der Waals surface area (Å²) < 4.78 is 26.2. The number of hydrogen-bond donors (Lipinski definition) is 2. The van der Waals surface area contributed by atoms with Crippen LogP contribution in [0.15, 0.2) is 54.7 Å². The molecule has 2 aromatic carbocycles. The van der Waals surface area contributed by atoms with E-state index in [2.05, 4.69) is 20.6 Å². The molecule has 0 bridgehead atoms. The van der Waals surface area contributed by atoms with E-state index < -0.39 is 17.5 Å². The van der Waals surface area contributed by atoms with Crippen molar-refractivity contribution in [2.75, 3.05) is 10.6 Å². The van der Waals surface area contributed by atoms with Gasteiger partial charge in [0.25, 0.3) is 5.91 Å². The summed E-state index contributed by atoms with van der Waals surface area (Å²) in [7, 11) is 0. The molecule has 26 heavy (non-hydrogen) atoms. The Kier molecular flexibility index (Phi) is 4.80. The Morgan fingerprint density at radius 1 is 1.04 bits per heavy atom. The highest BCUT2D eigenvalue weighted by Gasteiger charge is 2.11. The number of rotatable bonds is 4. The first kappa shape index (κ1) is 17.0. The first-order valence-electron chi connectivity index (χ1n) is 7.42. The summed E-state index contributed by atoms with van der Waals surface area (Å²) in [6, 6.07) is 13.1. The fourth-order valence-corrected chi connectivity index (χ4v) is 2.11. The molecule has 128 valence electrons. The zero-order chi connectivity index (χ0) is 18.5. The van der Waals surface area contributed by atoms with Crippen LogP contribution in [0.1, 0.15) is 16.1 Å². The Labute approximate surface area is 147 Å². The predicted octanol–water partition coefficient (Wildman–Crippen LogP) is 3.62. The molecule has 6 nitrogen and oxygen atoms in total. The molecular weight excluding hydrogens is 340 g/mol. The van der Waals surface area contributed by atoms with Crippen molar-refractivity contribution in [1.29, 1.82) is 5.26 Å². The van der Waals surface area contributed by atoms with Crippen molar-refractivity contribution < 1.29 is 13.6 Å². The summed E-state index contributed by atoms with van der Waals surface area (Å²) in [5.41, 5.74) is 1.18. The number of nitrogens with zero attached hydrogens (tertiary/aromatic N) is 3. The standard InChI is InChI=1S/C18H11F2N5O/c19-14-5-4-13(9-15(14)20)23-17(26)16-6-7-22-18(25-16)24-12-3-1-2-11(8-12)10-21/h1-9H,(H,23,26)(H,22,24,25). The van der Waals surface area contributed by atoms with Crippen molar-refractivity contribution in [3.05, 3.63) is 77.6 Å². The molecule has 3 rings (SSSR count). The van der Waals surface area contributed by atoms with E-state index in [9.17, 15) is 13.6 Å². The molecule has 0 saturated carbocycles. The molecule has 2 N–H and O–H groups in total. The molecule has 0 aliphatic carbocycles. The number of benzene rings is 2. The molecule has 0 aliphatic rings. The highest BCUT2D eigenvalue weighted by Crippen LogP contribution is 2.16. The molecule has 1 heterocycles. The zero-order valence-electron chi connectivity index (χ0n) is 13.2. The third kappa shape index (κ3) is 3.96. The predicted molar refractivity (Wildman–Crippen MR) is 90.8 cm³/mol.